The van der Waals surface area contributed by atoms with Crippen molar-refractivity contribution in [2.45, 2.75) is 30.4 Å². The molecule has 0 spiro atoms. The summed E-state index contributed by atoms with van der Waals surface area (Å²) in [6.45, 7) is 3.47. The summed E-state index contributed by atoms with van der Waals surface area (Å²) >= 11 is 1.04. The standard InChI is InChI=1S/C21H16F3N5O3S/c1-11-9-18-26-27-20(28(18)17-6-4-3-5-14(11)17)33-12(2)19(30)25-16-8-7-13(29(31)32)10-15(16)21(22,23)24/h3-10,12H,1-2H3,(H,25,30)/t12-/m0/s1. The summed E-state index contributed by atoms with van der Waals surface area (Å²) in [5, 5.41) is 21.9. The Labute approximate surface area is 189 Å². The van der Waals surface area contributed by atoms with E-state index in [2.05, 4.69) is 15.5 Å². The van der Waals surface area contributed by atoms with E-state index in [0.717, 1.165) is 40.4 Å². The van der Waals surface area contributed by atoms with Gasteiger partial charge in [0, 0.05) is 17.5 Å². The van der Waals surface area contributed by atoms with Crippen LogP contribution < -0.4 is 5.32 Å². The second-order valence-electron chi connectivity index (χ2n) is 7.25. The van der Waals surface area contributed by atoms with Gasteiger partial charge in [-0.05, 0) is 37.6 Å². The second kappa shape index (κ2) is 8.35. The molecule has 1 N–H and O–H groups in total. The number of alkyl halides is 3. The minimum Gasteiger partial charge on any atom is -0.325 e. The van der Waals surface area contributed by atoms with Gasteiger partial charge in [-0.15, -0.1) is 10.2 Å². The van der Waals surface area contributed by atoms with E-state index in [-0.39, 0.29) is 0 Å². The normalized spacial score (nSPS) is 12.8. The van der Waals surface area contributed by atoms with Gasteiger partial charge in [-0.1, -0.05) is 30.0 Å². The molecular formula is C21H16F3N5O3S. The summed E-state index contributed by atoms with van der Waals surface area (Å²) in [6, 6.07) is 11.6. The number of carbonyl (C=O) groups is 1. The third kappa shape index (κ3) is 4.33. The van der Waals surface area contributed by atoms with E-state index in [4.69, 9.17) is 0 Å². The maximum absolute atomic E-state index is 13.4. The topological polar surface area (TPSA) is 102 Å². The average Bonchev–Trinajstić information content (AvgIpc) is 3.15. The summed E-state index contributed by atoms with van der Waals surface area (Å²) in [5.74, 6) is -0.715. The second-order valence-corrected chi connectivity index (χ2v) is 8.56. The molecule has 0 radical (unpaired) electrons. The number of carbonyl (C=O) groups excluding carboxylic acids is 1. The Morgan fingerprint density at radius 3 is 2.61 bits per heavy atom. The number of fused-ring (bicyclic) bond motifs is 3. The average molecular weight is 475 g/mol. The SMILES string of the molecule is Cc1cc2nnc(S[C@@H](C)C(=O)Nc3ccc([N+](=O)[O-])cc3C(F)(F)F)n2c2ccccc12. The number of anilines is 1. The Balaban J connectivity index is 1.63. The van der Waals surface area contributed by atoms with E-state index in [0.29, 0.717) is 16.9 Å². The predicted octanol–water partition coefficient (Wildman–Crippen LogP) is 5.24. The quantitative estimate of drug-likeness (QED) is 0.241. The van der Waals surface area contributed by atoms with Crippen LogP contribution >= 0.6 is 11.8 Å². The number of hydrogen-bond acceptors (Lipinski definition) is 6. The van der Waals surface area contributed by atoms with Crippen LogP contribution in [0, 0.1) is 17.0 Å². The van der Waals surface area contributed by atoms with Crippen LogP contribution in [0.3, 0.4) is 0 Å². The maximum Gasteiger partial charge on any atom is 0.418 e. The first-order chi connectivity index (χ1) is 15.6. The summed E-state index contributed by atoms with van der Waals surface area (Å²) < 4.78 is 42.0. The number of nitrogens with zero attached hydrogens (tertiary/aromatic N) is 4. The molecule has 0 saturated heterocycles. The monoisotopic (exact) mass is 475 g/mol. The zero-order valence-corrected chi connectivity index (χ0v) is 18.1. The molecule has 0 unspecified atom stereocenters. The number of nitro benzene ring substituents is 1. The number of non-ortho nitro benzene ring substituents is 1. The van der Waals surface area contributed by atoms with E-state index < -0.39 is 39.2 Å². The number of pyridine rings is 1. The van der Waals surface area contributed by atoms with Crippen LogP contribution in [0.1, 0.15) is 18.1 Å². The third-order valence-corrected chi connectivity index (χ3v) is 6.05. The van der Waals surface area contributed by atoms with Gasteiger partial charge in [-0.3, -0.25) is 19.3 Å². The smallest absolute Gasteiger partial charge is 0.325 e. The molecule has 0 bridgehead atoms. The highest BCUT2D eigenvalue weighted by atomic mass is 32.2. The van der Waals surface area contributed by atoms with Crippen molar-refractivity contribution in [1.29, 1.82) is 0 Å². The number of rotatable bonds is 5. The molecule has 1 amide bonds. The molecule has 33 heavy (non-hydrogen) atoms. The lowest BCUT2D eigenvalue weighted by Gasteiger charge is -2.16. The van der Waals surface area contributed by atoms with Crippen molar-refractivity contribution in [2.24, 2.45) is 0 Å². The zero-order valence-electron chi connectivity index (χ0n) is 17.3. The van der Waals surface area contributed by atoms with Crippen molar-refractivity contribution >= 4 is 45.6 Å². The van der Waals surface area contributed by atoms with Crippen LogP contribution in [0.5, 0.6) is 0 Å². The first-order valence-corrected chi connectivity index (χ1v) is 10.5. The van der Waals surface area contributed by atoms with Gasteiger partial charge in [-0.2, -0.15) is 13.2 Å². The van der Waals surface area contributed by atoms with Gasteiger partial charge in [-0.25, -0.2) is 0 Å². The van der Waals surface area contributed by atoms with Gasteiger partial charge in [0.2, 0.25) is 5.91 Å². The number of amides is 1. The number of thioether (sulfide) groups is 1. The Morgan fingerprint density at radius 2 is 1.91 bits per heavy atom. The number of halogens is 3. The molecule has 8 nitrogen and oxygen atoms in total. The van der Waals surface area contributed by atoms with Crippen molar-refractivity contribution in [3.63, 3.8) is 0 Å². The Bertz CT molecular complexity index is 1400. The van der Waals surface area contributed by atoms with Crippen LogP contribution in [0.2, 0.25) is 0 Å². The van der Waals surface area contributed by atoms with Crippen molar-refractivity contribution in [2.75, 3.05) is 5.32 Å². The molecule has 0 saturated carbocycles. The summed E-state index contributed by atoms with van der Waals surface area (Å²) in [7, 11) is 0. The highest BCUT2D eigenvalue weighted by Crippen LogP contribution is 2.37. The first kappa shape index (κ1) is 22.5. The van der Waals surface area contributed by atoms with E-state index >= 15 is 0 Å². The lowest BCUT2D eigenvalue weighted by Crippen LogP contribution is -2.24. The molecule has 2 aromatic heterocycles. The molecule has 2 heterocycles. The van der Waals surface area contributed by atoms with Crippen molar-refractivity contribution in [3.05, 3.63) is 69.8 Å². The lowest BCUT2D eigenvalue weighted by molar-refractivity contribution is -0.385. The van der Waals surface area contributed by atoms with E-state index in [1.165, 1.54) is 6.92 Å². The largest absolute Gasteiger partial charge is 0.418 e. The molecule has 2 aromatic carbocycles. The summed E-state index contributed by atoms with van der Waals surface area (Å²) in [4.78, 5) is 22.6. The molecule has 0 fully saturated rings. The number of aromatic nitrogens is 3. The summed E-state index contributed by atoms with van der Waals surface area (Å²) in [5.41, 5.74) is -0.154. The molecule has 12 heteroatoms. The van der Waals surface area contributed by atoms with Crippen molar-refractivity contribution < 1.29 is 22.9 Å². The molecule has 4 aromatic rings. The molecule has 0 aliphatic carbocycles. The van der Waals surface area contributed by atoms with Gasteiger partial charge >= 0.3 is 6.18 Å². The highest BCUT2D eigenvalue weighted by molar-refractivity contribution is 8.00. The number of nitrogens with one attached hydrogen (secondary N) is 1. The lowest BCUT2D eigenvalue weighted by atomic mass is 10.1. The van der Waals surface area contributed by atoms with Gasteiger partial charge in [0.05, 0.1) is 26.9 Å². The van der Waals surface area contributed by atoms with Crippen LogP contribution in [-0.4, -0.2) is 30.7 Å². The molecular weight excluding hydrogens is 459 g/mol. The van der Waals surface area contributed by atoms with Crippen molar-refractivity contribution in [3.8, 4) is 0 Å². The maximum atomic E-state index is 13.4. The fourth-order valence-corrected chi connectivity index (χ4v) is 4.25. The Morgan fingerprint density at radius 1 is 1.18 bits per heavy atom. The molecule has 170 valence electrons. The Kier molecular flexibility index (Phi) is 5.70. The Hall–Kier alpha value is -3.67. The number of aryl methyl sites for hydroxylation is 1. The molecule has 4 rings (SSSR count). The number of nitro groups is 1. The van der Waals surface area contributed by atoms with Gasteiger partial charge in [0.1, 0.15) is 0 Å². The number of benzene rings is 2. The van der Waals surface area contributed by atoms with Crippen LogP contribution in [0.25, 0.3) is 16.6 Å². The fourth-order valence-electron chi connectivity index (χ4n) is 3.39. The minimum atomic E-state index is -4.88. The van der Waals surface area contributed by atoms with E-state index in [1.54, 1.807) is 4.40 Å². The van der Waals surface area contributed by atoms with Crippen LogP contribution in [0.15, 0.2) is 53.7 Å². The van der Waals surface area contributed by atoms with E-state index in [9.17, 15) is 28.1 Å². The zero-order chi connectivity index (χ0) is 23.9. The van der Waals surface area contributed by atoms with Gasteiger partial charge in [0.15, 0.2) is 10.8 Å². The molecule has 0 aliphatic rings. The molecule has 1 atom stereocenters. The molecule has 0 aliphatic heterocycles. The predicted molar refractivity (Wildman–Crippen MR) is 117 cm³/mol. The van der Waals surface area contributed by atoms with Crippen LogP contribution in [-0.2, 0) is 11.0 Å². The fraction of sp³-hybridized carbons (Fsp3) is 0.190. The number of para-hydroxylation sites is 1. The van der Waals surface area contributed by atoms with Crippen LogP contribution in [0.4, 0.5) is 24.5 Å². The highest BCUT2D eigenvalue weighted by Gasteiger charge is 2.36. The first-order valence-electron chi connectivity index (χ1n) is 9.63. The van der Waals surface area contributed by atoms with Crippen molar-refractivity contribution in [1.82, 2.24) is 14.6 Å². The van der Waals surface area contributed by atoms with E-state index in [1.807, 2.05) is 37.3 Å². The third-order valence-electron chi connectivity index (χ3n) is 5.00. The summed E-state index contributed by atoms with van der Waals surface area (Å²) in [6.07, 6.45) is -4.88. The van der Waals surface area contributed by atoms with Gasteiger partial charge in [0.25, 0.3) is 5.69 Å². The minimum absolute atomic E-state index is 0.397. The van der Waals surface area contributed by atoms with Gasteiger partial charge < -0.3 is 5.32 Å². The number of hydrogen-bond donors (Lipinski definition) is 1.